The molecule has 3 rings (SSSR count). The summed E-state index contributed by atoms with van der Waals surface area (Å²) < 4.78 is 11.9. The van der Waals surface area contributed by atoms with Gasteiger partial charge in [0.25, 0.3) is 5.56 Å². The highest BCUT2D eigenvalue weighted by Crippen LogP contribution is 2.39. The zero-order chi connectivity index (χ0) is 21.6. The highest BCUT2D eigenvalue weighted by molar-refractivity contribution is 7.19. The molecule has 0 aromatic carbocycles. The lowest BCUT2D eigenvalue weighted by Gasteiger charge is -2.12. The largest absolute Gasteiger partial charge is 0.462 e. The van der Waals surface area contributed by atoms with E-state index in [9.17, 15) is 19.5 Å². The van der Waals surface area contributed by atoms with Crippen LogP contribution in [0.25, 0.3) is 10.2 Å². The molecule has 0 amide bonds. The van der Waals surface area contributed by atoms with Crippen molar-refractivity contribution in [2.75, 3.05) is 6.61 Å². The van der Waals surface area contributed by atoms with E-state index in [-0.39, 0.29) is 28.5 Å². The molecule has 0 aliphatic rings. The Morgan fingerprint density at radius 1 is 1.28 bits per heavy atom. The zero-order valence-electron chi connectivity index (χ0n) is 17.1. The number of aliphatic hydroxyl groups excluding tert-OH is 1. The summed E-state index contributed by atoms with van der Waals surface area (Å²) in [6.07, 6.45) is -1.16. The number of aliphatic hydroxyl groups is 1. The summed E-state index contributed by atoms with van der Waals surface area (Å²) in [5, 5.41) is 11.3. The van der Waals surface area contributed by atoms with Crippen molar-refractivity contribution in [1.82, 2.24) is 13.5 Å². The molecule has 1 N–H and O–H groups in total. The highest BCUT2D eigenvalue weighted by Gasteiger charge is 2.32. The van der Waals surface area contributed by atoms with Gasteiger partial charge in [-0.15, -0.1) is 11.3 Å². The van der Waals surface area contributed by atoms with E-state index >= 15 is 0 Å². The van der Waals surface area contributed by atoms with Gasteiger partial charge in [-0.3, -0.25) is 13.9 Å². The van der Waals surface area contributed by atoms with E-state index in [1.807, 2.05) is 20.8 Å². The van der Waals surface area contributed by atoms with E-state index in [4.69, 9.17) is 4.74 Å². The first-order chi connectivity index (χ1) is 13.6. The van der Waals surface area contributed by atoms with E-state index in [0.717, 1.165) is 20.8 Å². The van der Waals surface area contributed by atoms with E-state index in [2.05, 4.69) is 4.37 Å². The lowest BCUT2D eigenvalue weighted by atomic mass is 10.0. The number of hydrogen-bond donors (Lipinski definition) is 1. The van der Waals surface area contributed by atoms with Crippen molar-refractivity contribution < 1.29 is 14.6 Å². The number of hydrogen-bond acceptors (Lipinski definition) is 8. The van der Waals surface area contributed by atoms with Gasteiger partial charge in [0, 0.05) is 23.5 Å². The van der Waals surface area contributed by atoms with Gasteiger partial charge in [0.05, 0.1) is 28.1 Å². The molecule has 3 aromatic heterocycles. The van der Waals surface area contributed by atoms with Crippen molar-refractivity contribution in [2.45, 2.75) is 46.8 Å². The van der Waals surface area contributed by atoms with Crippen LogP contribution < -0.4 is 11.2 Å². The van der Waals surface area contributed by atoms with E-state index in [0.29, 0.717) is 16.1 Å². The van der Waals surface area contributed by atoms with Crippen molar-refractivity contribution >= 4 is 39.1 Å². The van der Waals surface area contributed by atoms with Crippen molar-refractivity contribution in [3.63, 3.8) is 0 Å². The van der Waals surface area contributed by atoms with Gasteiger partial charge in [-0.2, -0.15) is 4.37 Å². The minimum atomic E-state index is -1.16. The third-order valence-corrected chi connectivity index (χ3v) is 6.85. The fourth-order valence-electron chi connectivity index (χ4n) is 3.37. The van der Waals surface area contributed by atoms with E-state index in [1.165, 1.54) is 23.1 Å². The Bertz CT molecular complexity index is 1200. The van der Waals surface area contributed by atoms with Gasteiger partial charge in [-0.05, 0) is 46.2 Å². The van der Waals surface area contributed by atoms with Gasteiger partial charge < -0.3 is 9.84 Å². The first-order valence-electron chi connectivity index (χ1n) is 9.17. The predicted octanol–water partition coefficient (Wildman–Crippen LogP) is 2.67. The molecule has 0 saturated heterocycles. The minimum absolute atomic E-state index is 0.0133. The van der Waals surface area contributed by atoms with Crippen LogP contribution in [0.4, 0.5) is 0 Å². The third kappa shape index (κ3) is 3.34. The standard InChI is InChI=1S/C19H23N3O5S2/c1-7-27-18(25)12-13-16(24)21(6)19(26)22(8(2)3)17(13)28-15(12)14(23)11-9(4)20-29-10(11)5/h8,14,23H,7H2,1-6H3. The van der Waals surface area contributed by atoms with Gasteiger partial charge in [0.2, 0.25) is 0 Å². The van der Waals surface area contributed by atoms with Crippen LogP contribution in [0, 0.1) is 13.8 Å². The molecule has 156 valence electrons. The number of thiophene rings is 1. The third-order valence-electron chi connectivity index (χ3n) is 4.75. The Morgan fingerprint density at radius 3 is 2.45 bits per heavy atom. The molecule has 1 atom stereocenters. The molecule has 3 aromatic rings. The van der Waals surface area contributed by atoms with Crippen LogP contribution in [-0.4, -0.2) is 31.2 Å². The average molecular weight is 438 g/mol. The molecule has 0 radical (unpaired) electrons. The summed E-state index contributed by atoms with van der Waals surface area (Å²) in [6.45, 7) is 9.05. The van der Waals surface area contributed by atoms with Crippen LogP contribution >= 0.6 is 22.9 Å². The summed E-state index contributed by atoms with van der Waals surface area (Å²) in [4.78, 5) is 40.0. The van der Waals surface area contributed by atoms with Gasteiger partial charge in [0.1, 0.15) is 10.9 Å². The molecular weight excluding hydrogens is 414 g/mol. The molecule has 0 fully saturated rings. The van der Waals surface area contributed by atoms with Gasteiger partial charge in [-0.1, -0.05) is 0 Å². The number of rotatable bonds is 5. The van der Waals surface area contributed by atoms with Gasteiger partial charge in [-0.25, -0.2) is 9.59 Å². The Kier molecular flexibility index (Phi) is 5.79. The zero-order valence-corrected chi connectivity index (χ0v) is 18.7. The number of fused-ring (bicyclic) bond motifs is 1. The molecule has 0 spiro atoms. The number of carbonyl (C=O) groups excluding carboxylic acids is 1. The van der Waals surface area contributed by atoms with Crippen LogP contribution in [0.5, 0.6) is 0 Å². The summed E-state index contributed by atoms with van der Waals surface area (Å²) >= 11 is 2.33. The molecule has 0 aliphatic heterocycles. The van der Waals surface area contributed by atoms with Crippen molar-refractivity contribution in [1.29, 1.82) is 0 Å². The second-order valence-corrected chi connectivity index (χ2v) is 9.00. The Labute approximate surface area is 175 Å². The van der Waals surface area contributed by atoms with Crippen LogP contribution in [0.15, 0.2) is 9.59 Å². The molecule has 3 heterocycles. The van der Waals surface area contributed by atoms with E-state index in [1.54, 1.807) is 13.8 Å². The highest BCUT2D eigenvalue weighted by atomic mass is 32.1. The second kappa shape index (κ2) is 7.85. The van der Waals surface area contributed by atoms with Crippen LogP contribution in [0.2, 0.25) is 0 Å². The Morgan fingerprint density at radius 2 is 1.93 bits per heavy atom. The average Bonchev–Trinajstić information content (AvgIpc) is 3.20. The SMILES string of the molecule is CCOC(=O)c1c(C(O)c2c(C)nsc2C)sc2c1c(=O)n(C)c(=O)n2C(C)C. The maximum Gasteiger partial charge on any atom is 0.340 e. The molecule has 0 bridgehead atoms. The molecule has 29 heavy (non-hydrogen) atoms. The normalized spacial score (nSPS) is 12.7. The van der Waals surface area contributed by atoms with Crippen LogP contribution in [0.1, 0.15) is 64.3 Å². The minimum Gasteiger partial charge on any atom is -0.462 e. The molecule has 8 nitrogen and oxygen atoms in total. The molecule has 0 aliphatic carbocycles. The number of carbonyl (C=O) groups is 1. The quantitative estimate of drug-likeness (QED) is 0.616. The number of esters is 1. The number of nitrogens with zero attached hydrogens (tertiary/aromatic N) is 3. The van der Waals surface area contributed by atoms with E-state index < -0.39 is 23.3 Å². The molecular formula is C19H23N3O5S2. The fourth-order valence-corrected chi connectivity index (χ4v) is 5.51. The van der Waals surface area contributed by atoms with Crippen molar-refractivity contribution in [2.24, 2.45) is 7.05 Å². The van der Waals surface area contributed by atoms with Crippen molar-refractivity contribution in [3.8, 4) is 0 Å². The Hall–Kier alpha value is -2.30. The fraction of sp³-hybridized carbons (Fsp3) is 0.474. The topological polar surface area (TPSA) is 103 Å². The first-order valence-corrected chi connectivity index (χ1v) is 10.8. The smallest absolute Gasteiger partial charge is 0.340 e. The predicted molar refractivity (Wildman–Crippen MR) is 113 cm³/mol. The maximum atomic E-state index is 13.0. The van der Waals surface area contributed by atoms with Crippen LogP contribution in [0.3, 0.4) is 0 Å². The Balaban J connectivity index is 2.47. The second-order valence-electron chi connectivity index (χ2n) is 6.99. The summed E-state index contributed by atoms with van der Waals surface area (Å²) in [5.41, 5.74) is 0.208. The van der Waals surface area contributed by atoms with Crippen molar-refractivity contribution in [3.05, 3.63) is 47.4 Å². The molecule has 10 heteroatoms. The summed E-state index contributed by atoms with van der Waals surface area (Å²) in [6, 6.07) is -0.248. The lowest BCUT2D eigenvalue weighted by Crippen LogP contribution is -2.38. The van der Waals surface area contributed by atoms with Gasteiger partial charge >= 0.3 is 11.7 Å². The number of ether oxygens (including phenoxy) is 1. The van der Waals surface area contributed by atoms with Gasteiger partial charge in [0.15, 0.2) is 0 Å². The first kappa shape index (κ1) is 21.4. The summed E-state index contributed by atoms with van der Waals surface area (Å²) in [5.74, 6) is -0.697. The van der Waals surface area contributed by atoms with Crippen LogP contribution in [-0.2, 0) is 11.8 Å². The monoisotopic (exact) mass is 437 g/mol. The lowest BCUT2D eigenvalue weighted by molar-refractivity contribution is 0.0524. The summed E-state index contributed by atoms with van der Waals surface area (Å²) in [7, 11) is 1.38. The maximum absolute atomic E-state index is 13.0. The number of aromatic nitrogens is 3. The molecule has 1 unspecified atom stereocenters. The molecule has 0 saturated carbocycles. The number of aryl methyl sites for hydroxylation is 2.